The number of aliphatic hydroxyl groups excluding tert-OH is 1. The number of aliphatic hydroxyl groups is 1. The Morgan fingerprint density at radius 1 is 0.471 bits per heavy atom. The molecule has 0 fully saturated rings. The average Bonchev–Trinajstić information content (AvgIpc) is 3.13. The highest BCUT2D eigenvalue weighted by Gasteiger charge is 2.16. The molecule has 5 heteroatoms. The maximum atomic E-state index is 12.2. The monoisotopic (exact) mass is 711 g/mol. The van der Waals surface area contributed by atoms with Gasteiger partial charge >= 0.3 is 11.9 Å². The maximum Gasteiger partial charge on any atom is 0.306 e. The second-order valence-corrected chi connectivity index (χ2v) is 13.7. The van der Waals surface area contributed by atoms with E-state index in [1.54, 1.807) is 0 Å². The van der Waals surface area contributed by atoms with Crippen LogP contribution in [0.1, 0.15) is 187 Å². The first-order valence-corrected chi connectivity index (χ1v) is 21.0. The first kappa shape index (κ1) is 48.3. The van der Waals surface area contributed by atoms with Crippen molar-refractivity contribution in [1.29, 1.82) is 0 Å². The van der Waals surface area contributed by atoms with Crippen LogP contribution in [0.2, 0.25) is 0 Å². The van der Waals surface area contributed by atoms with Crippen LogP contribution in [-0.4, -0.2) is 36.4 Å². The van der Waals surface area contributed by atoms with Crippen molar-refractivity contribution in [2.45, 2.75) is 193 Å². The van der Waals surface area contributed by atoms with Crippen molar-refractivity contribution in [2.75, 3.05) is 13.2 Å². The molecule has 0 aromatic rings. The molecule has 1 unspecified atom stereocenters. The van der Waals surface area contributed by atoms with Crippen molar-refractivity contribution in [2.24, 2.45) is 0 Å². The lowest BCUT2D eigenvalue weighted by molar-refractivity contribution is -0.161. The highest BCUT2D eigenvalue weighted by atomic mass is 16.6. The lowest BCUT2D eigenvalue weighted by Crippen LogP contribution is -2.28. The summed E-state index contributed by atoms with van der Waals surface area (Å²) in [5.74, 6) is -0.620. The molecule has 5 nitrogen and oxygen atoms in total. The quantitative estimate of drug-likeness (QED) is 0.0395. The fourth-order valence-corrected chi connectivity index (χ4v) is 5.57. The van der Waals surface area contributed by atoms with E-state index >= 15 is 0 Å². The molecule has 0 aliphatic rings. The van der Waals surface area contributed by atoms with Gasteiger partial charge in [0.25, 0.3) is 0 Å². The summed E-state index contributed by atoms with van der Waals surface area (Å²) in [5.41, 5.74) is 0. The Morgan fingerprint density at radius 3 is 1.27 bits per heavy atom. The second kappa shape index (κ2) is 41.8. The predicted octanol–water partition coefficient (Wildman–Crippen LogP) is 13.3. The van der Waals surface area contributed by atoms with E-state index < -0.39 is 6.10 Å². The molecule has 292 valence electrons. The minimum Gasteiger partial charge on any atom is -0.462 e. The van der Waals surface area contributed by atoms with Gasteiger partial charge in [-0.15, -0.1) is 0 Å². The summed E-state index contributed by atoms with van der Waals surface area (Å²) in [6.07, 6.45) is 55.3. The summed E-state index contributed by atoms with van der Waals surface area (Å²) in [6.45, 7) is 3.98. The van der Waals surface area contributed by atoms with Crippen LogP contribution in [0.15, 0.2) is 72.9 Å². The molecule has 0 aliphatic carbocycles. The topological polar surface area (TPSA) is 72.8 Å². The molecule has 0 aromatic carbocycles. The summed E-state index contributed by atoms with van der Waals surface area (Å²) < 4.78 is 10.6. The third-order valence-electron chi connectivity index (χ3n) is 8.73. The smallest absolute Gasteiger partial charge is 0.306 e. The second-order valence-electron chi connectivity index (χ2n) is 13.7. The standard InChI is InChI=1S/C46H78O5/c1-3-5-7-9-11-13-15-17-19-21-23-25-27-29-31-33-35-37-39-41-46(49)51-44(42-47)43-50-45(48)40-38-36-34-32-30-28-26-24-22-20-18-16-14-12-10-8-6-4-2/h5,7,11,13-14,16-17,19-20,22-23,25,44,47H,3-4,6,8-10,12,15,18,21,24,26-43H2,1-2H3/b7-5-,13-11-,16-14-,19-17-,22-20-,25-23-. The zero-order chi connectivity index (χ0) is 37.1. The number of esters is 2. The predicted molar refractivity (Wildman–Crippen MR) is 219 cm³/mol. The Hall–Kier alpha value is -2.66. The summed E-state index contributed by atoms with van der Waals surface area (Å²) in [4.78, 5) is 24.3. The van der Waals surface area contributed by atoms with Crippen LogP contribution in [0.25, 0.3) is 0 Å². The van der Waals surface area contributed by atoms with E-state index in [1.165, 1.54) is 77.0 Å². The van der Waals surface area contributed by atoms with Crippen molar-refractivity contribution in [3.05, 3.63) is 72.9 Å². The zero-order valence-corrected chi connectivity index (χ0v) is 33.1. The van der Waals surface area contributed by atoms with Gasteiger partial charge < -0.3 is 14.6 Å². The van der Waals surface area contributed by atoms with Crippen molar-refractivity contribution >= 4 is 11.9 Å². The Bertz CT molecular complexity index is 941. The van der Waals surface area contributed by atoms with E-state index in [1.807, 2.05) is 0 Å². The van der Waals surface area contributed by atoms with Gasteiger partial charge in [-0.25, -0.2) is 0 Å². The normalized spacial score (nSPS) is 12.9. The lowest BCUT2D eigenvalue weighted by Gasteiger charge is -2.15. The van der Waals surface area contributed by atoms with Crippen molar-refractivity contribution < 1.29 is 24.2 Å². The highest BCUT2D eigenvalue weighted by molar-refractivity contribution is 5.70. The maximum absolute atomic E-state index is 12.2. The number of allylic oxidation sites excluding steroid dienone is 12. The van der Waals surface area contributed by atoms with E-state index in [0.717, 1.165) is 83.5 Å². The zero-order valence-electron chi connectivity index (χ0n) is 33.1. The van der Waals surface area contributed by atoms with E-state index in [-0.39, 0.29) is 25.2 Å². The fraction of sp³-hybridized carbons (Fsp3) is 0.696. The third-order valence-corrected chi connectivity index (χ3v) is 8.73. The molecule has 0 heterocycles. The van der Waals surface area contributed by atoms with E-state index in [0.29, 0.717) is 12.8 Å². The molecule has 0 bridgehead atoms. The molecule has 0 amide bonds. The van der Waals surface area contributed by atoms with Crippen molar-refractivity contribution in [1.82, 2.24) is 0 Å². The number of unbranched alkanes of at least 4 members (excludes halogenated alkanes) is 17. The van der Waals surface area contributed by atoms with Gasteiger partial charge in [0.1, 0.15) is 6.61 Å². The molecule has 1 N–H and O–H groups in total. The number of hydrogen-bond acceptors (Lipinski definition) is 5. The van der Waals surface area contributed by atoms with Gasteiger partial charge in [0.05, 0.1) is 6.61 Å². The highest BCUT2D eigenvalue weighted by Crippen LogP contribution is 2.12. The average molecular weight is 711 g/mol. The molecule has 0 aromatic heterocycles. The van der Waals surface area contributed by atoms with Crippen molar-refractivity contribution in [3.8, 4) is 0 Å². The van der Waals surface area contributed by atoms with Crippen LogP contribution in [0.5, 0.6) is 0 Å². The molecule has 0 spiro atoms. The fourth-order valence-electron chi connectivity index (χ4n) is 5.57. The molecule has 0 saturated carbocycles. The molecule has 0 rings (SSSR count). The van der Waals surface area contributed by atoms with E-state index in [2.05, 4.69) is 86.8 Å². The SMILES string of the molecule is CC/C=C\C/C=C\C/C=C\C/C=C\CCCCCCCCC(=O)OC(CO)COC(=O)CCCCCCCCC/C=C\C/C=C\CCCCCC. The third kappa shape index (κ3) is 40.0. The number of carbonyl (C=O) groups excluding carboxylic acids is 2. The van der Waals surface area contributed by atoms with Crippen LogP contribution in [0.3, 0.4) is 0 Å². The summed E-state index contributed by atoms with van der Waals surface area (Å²) in [5, 5.41) is 9.57. The van der Waals surface area contributed by atoms with Crippen LogP contribution >= 0.6 is 0 Å². The van der Waals surface area contributed by atoms with Gasteiger partial charge in [-0.2, -0.15) is 0 Å². The molecular formula is C46H78O5. The van der Waals surface area contributed by atoms with Gasteiger partial charge in [-0.1, -0.05) is 164 Å². The Labute approximate surface area is 314 Å². The Morgan fingerprint density at radius 2 is 0.843 bits per heavy atom. The number of rotatable bonds is 37. The number of ether oxygens (including phenoxy) is 2. The summed E-state index contributed by atoms with van der Waals surface area (Å²) in [6, 6.07) is 0. The first-order chi connectivity index (χ1) is 25.1. The lowest BCUT2D eigenvalue weighted by atomic mass is 10.1. The summed E-state index contributed by atoms with van der Waals surface area (Å²) >= 11 is 0. The van der Waals surface area contributed by atoms with Crippen LogP contribution in [-0.2, 0) is 19.1 Å². The molecule has 0 aliphatic heterocycles. The first-order valence-electron chi connectivity index (χ1n) is 21.0. The molecule has 0 saturated heterocycles. The van der Waals surface area contributed by atoms with Gasteiger partial charge in [-0.3, -0.25) is 9.59 Å². The van der Waals surface area contributed by atoms with E-state index in [9.17, 15) is 14.7 Å². The molecular weight excluding hydrogens is 633 g/mol. The van der Waals surface area contributed by atoms with Gasteiger partial charge in [0.2, 0.25) is 0 Å². The van der Waals surface area contributed by atoms with Gasteiger partial charge in [0, 0.05) is 12.8 Å². The molecule has 51 heavy (non-hydrogen) atoms. The van der Waals surface area contributed by atoms with Crippen LogP contribution < -0.4 is 0 Å². The van der Waals surface area contributed by atoms with Crippen molar-refractivity contribution in [3.63, 3.8) is 0 Å². The van der Waals surface area contributed by atoms with Gasteiger partial charge in [0.15, 0.2) is 6.10 Å². The number of carbonyl (C=O) groups is 2. The minimum atomic E-state index is -0.786. The number of hydrogen-bond donors (Lipinski definition) is 1. The minimum absolute atomic E-state index is 0.0792. The molecule has 1 atom stereocenters. The molecule has 0 radical (unpaired) electrons. The Balaban J connectivity index is 3.61. The van der Waals surface area contributed by atoms with Gasteiger partial charge in [-0.05, 0) is 83.5 Å². The van der Waals surface area contributed by atoms with Crippen LogP contribution in [0.4, 0.5) is 0 Å². The van der Waals surface area contributed by atoms with Crippen LogP contribution in [0, 0.1) is 0 Å². The largest absolute Gasteiger partial charge is 0.462 e. The van der Waals surface area contributed by atoms with E-state index in [4.69, 9.17) is 9.47 Å². The summed E-state index contributed by atoms with van der Waals surface area (Å²) in [7, 11) is 0. The Kier molecular flexibility index (Phi) is 39.6.